The number of hydrogen-bond donors (Lipinski definition) is 0. The Morgan fingerprint density at radius 2 is 0.560 bits per heavy atom. The van der Waals surface area contributed by atoms with Gasteiger partial charge < -0.3 is 13.7 Å². The van der Waals surface area contributed by atoms with Gasteiger partial charge >= 0.3 is 0 Å². The molecule has 0 aliphatic heterocycles. The third-order valence-electron chi connectivity index (χ3n) is 14.9. The highest BCUT2D eigenvalue weighted by Crippen LogP contribution is 2.42. The molecule has 0 radical (unpaired) electrons. The highest BCUT2D eigenvalue weighted by atomic mass is 15.1. The van der Waals surface area contributed by atoms with Crippen LogP contribution in [0.3, 0.4) is 0 Å². The molecule has 0 aliphatic carbocycles. The van der Waals surface area contributed by atoms with Crippen molar-refractivity contribution in [2.45, 2.75) is 0 Å². The van der Waals surface area contributed by atoms with Crippen LogP contribution in [0.5, 0.6) is 0 Å². The molecule has 0 fully saturated rings. The maximum Gasteiger partial charge on any atom is 0.164 e. The molecule has 15 aromatic rings. The van der Waals surface area contributed by atoms with Crippen LogP contribution >= 0.6 is 0 Å². The Labute approximate surface area is 432 Å². The van der Waals surface area contributed by atoms with Gasteiger partial charge in [0.15, 0.2) is 17.5 Å². The van der Waals surface area contributed by atoms with Crippen molar-refractivity contribution in [3.63, 3.8) is 0 Å². The number of fused-ring (bicyclic) bond motifs is 9. The van der Waals surface area contributed by atoms with Gasteiger partial charge in [-0.05, 0) is 89.0 Å². The molecule has 0 saturated heterocycles. The molecular weight excluding hydrogens is 913 g/mol. The first-order valence-electron chi connectivity index (χ1n) is 25.4. The second-order valence-electron chi connectivity index (χ2n) is 19.2. The SMILES string of the molecule is c1ccc(-c2nc(-c3ccccc3)nc(-c3ccc(-c4ccc(-n5c6ccccc6c6ccc(-c7ccc8c(c7)c7ccccc7n8-c7ccccc7)cc65)c(-n5c6ccccc6c6ccccc65)c4)cc3)n2)cc1. The third kappa shape index (κ3) is 6.99. The van der Waals surface area contributed by atoms with Crippen molar-refractivity contribution in [3.8, 4) is 73.5 Å². The fraction of sp³-hybridized carbons (Fsp3) is 0. The van der Waals surface area contributed by atoms with Gasteiger partial charge in [-0.3, -0.25) is 0 Å². The molecule has 0 unspecified atom stereocenters. The predicted molar refractivity (Wildman–Crippen MR) is 310 cm³/mol. The summed E-state index contributed by atoms with van der Waals surface area (Å²) in [5, 5.41) is 7.30. The van der Waals surface area contributed by atoms with E-state index in [2.05, 4.69) is 220 Å². The molecule has 0 atom stereocenters. The number of nitrogens with zero attached hydrogens (tertiary/aromatic N) is 6. The van der Waals surface area contributed by atoms with Crippen LogP contribution in [0, 0.1) is 0 Å². The van der Waals surface area contributed by atoms with Gasteiger partial charge in [-0.2, -0.15) is 0 Å². The van der Waals surface area contributed by atoms with E-state index in [1.807, 2.05) is 60.7 Å². The molecule has 11 aromatic carbocycles. The lowest BCUT2D eigenvalue weighted by Crippen LogP contribution is -2.04. The van der Waals surface area contributed by atoms with E-state index in [1.165, 1.54) is 48.9 Å². The lowest BCUT2D eigenvalue weighted by atomic mass is 10.0. The number of hydrogen-bond acceptors (Lipinski definition) is 3. The Balaban J connectivity index is 0.913. The summed E-state index contributed by atoms with van der Waals surface area (Å²) in [6, 6.07) is 95.6. The molecular formula is C69H44N6. The maximum atomic E-state index is 5.03. The zero-order valence-electron chi connectivity index (χ0n) is 40.6. The largest absolute Gasteiger partial charge is 0.309 e. The first-order valence-corrected chi connectivity index (χ1v) is 25.4. The van der Waals surface area contributed by atoms with Crippen LogP contribution in [0.15, 0.2) is 267 Å². The van der Waals surface area contributed by atoms with Gasteiger partial charge in [0.1, 0.15) is 0 Å². The standard InChI is InChI=1S/C69H44N6/c1-4-18-46(19-5-1)67-70-68(47-20-6-2-7-21-47)72-69(71-67)48-34-32-45(33-35-48)50-38-41-64(66(44-50)74-60-29-15-10-24-53(60)54-25-11-16-30-61(54)74)75-62-31-17-12-26-55(62)57-39-36-51(43-65(57)75)49-37-40-63-58(42-49)56-27-13-14-28-59(56)73(63)52-22-8-3-9-23-52/h1-44H. The van der Waals surface area contributed by atoms with Crippen molar-refractivity contribution >= 4 is 65.4 Å². The quantitative estimate of drug-likeness (QED) is 0.152. The van der Waals surface area contributed by atoms with Crippen LogP contribution in [0.4, 0.5) is 0 Å². The molecule has 0 spiro atoms. The van der Waals surface area contributed by atoms with Crippen LogP contribution in [0.1, 0.15) is 0 Å². The van der Waals surface area contributed by atoms with Crippen molar-refractivity contribution in [2.24, 2.45) is 0 Å². The van der Waals surface area contributed by atoms with Crippen LogP contribution in [0.25, 0.3) is 139 Å². The van der Waals surface area contributed by atoms with Crippen molar-refractivity contribution in [1.29, 1.82) is 0 Å². The van der Waals surface area contributed by atoms with E-state index in [4.69, 9.17) is 15.0 Å². The Kier molecular flexibility index (Phi) is 9.78. The predicted octanol–water partition coefficient (Wildman–Crippen LogP) is 17.5. The van der Waals surface area contributed by atoms with Gasteiger partial charge in [0.2, 0.25) is 0 Å². The van der Waals surface area contributed by atoms with Gasteiger partial charge in [0, 0.05) is 54.7 Å². The first-order chi connectivity index (χ1) is 37.2. The Morgan fingerprint density at radius 3 is 1.12 bits per heavy atom. The Bertz CT molecular complexity index is 4570. The molecule has 350 valence electrons. The molecule has 0 saturated carbocycles. The summed E-state index contributed by atoms with van der Waals surface area (Å²) in [6.07, 6.45) is 0. The van der Waals surface area contributed by atoms with Crippen molar-refractivity contribution in [1.82, 2.24) is 28.7 Å². The van der Waals surface area contributed by atoms with Crippen LogP contribution < -0.4 is 0 Å². The van der Waals surface area contributed by atoms with E-state index in [0.717, 1.165) is 72.5 Å². The summed E-state index contributed by atoms with van der Waals surface area (Å²) in [6.45, 7) is 0. The van der Waals surface area contributed by atoms with E-state index in [9.17, 15) is 0 Å². The first kappa shape index (κ1) is 42.5. The van der Waals surface area contributed by atoms with Gasteiger partial charge in [-0.25, -0.2) is 15.0 Å². The molecule has 0 aliphatic rings. The van der Waals surface area contributed by atoms with E-state index >= 15 is 0 Å². The summed E-state index contributed by atoms with van der Waals surface area (Å²) in [5.41, 5.74) is 17.6. The normalized spacial score (nSPS) is 11.7. The lowest BCUT2D eigenvalue weighted by Gasteiger charge is -2.19. The monoisotopic (exact) mass is 956 g/mol. The average molecular weight is 957 g/mol. The van der Waals surface area contributed by atoms with Gasteiger partial charge in [-0.1, -0.05) is 200 Å². The Morgan fingerprint density at radius 1 is 0.200 bits per heavy atom. The van der Waals surface area contributed by atoms with Gasteiger partial charge in [-0.15, -0.1) is 0 Å². The highest BCUT2D eigenvalue weighted by Gasteiger charge is 2.22. The smallest absolute Gasteiger partial charge is 0.164 e. The molecule has 6 nitrogen and oxygen atoms in total. The summed E-state index contributed by atoms with van der Waals surface area (Å²) in [7, 11) is 0. The summed E-state index contributed by atoms with van der Waals surface area (Å²) in [5.74, 6) is 1.90. The van der Waals surface area contributed by atoms with Crippen molar-refractivity contribution < 1.29 is 0 Å². The number of rotatable bonds is 8. The van der Waals surface area contributed by atoms with Crippen molar-refractivity contribution in [3.05, 3.63) is 267 Å². The van der Waals surface area contributed by atoms with Gasteiger partial charge in [0.25, 0.3) is 0 Å². The molecule has 0 bridgehead atoms. The maximum absolute atomic E-state index is 5.03. The van der Waals surface area contributed by atoms with Crippen LogP contribution in [-0.4, -0.2) is 28.7 Å². The summed E-state index contributed by atoms with van der Waals surface area (Å²) >= 11 is 0. The second-order valence-corrected chi connectivity index (χ2v) is 19.2. The summed E-state index contributed by atoms with van der Waals surface area (Å²) < 4.78 is 7.32. The third-order valence-corrected chi connectivity index (χ3v) is 14.9. The molecule has 6 heteroatoms. The number of benzene rings is 11. The zero-order valence-corrected chi connectivity index (χ0v) is 40.6. The molecule has 4 aromatic heterocycles. The minimum atomic E-state index is 0.625. The lowest BCUT2D eigenvalue weighted by molar-refractivity contribution is 1.07. The molecule has 4 heterocycles. The van der Waals surface area contributed by atoms with Crippen molar-refractivity contribution in [2.75, 3.05) is 0 Å². The average Bonchev–Trinajstić information content (AvgIpc) is 4.14. The minimum absolute atomic E-state index is 0.625. The van der Waals surface area contributed by atoms with Crippen LogP contribution in [-0.2, 0) is 0 Å². The molecule has 75 heavy (non-hydrogen) atoms. The minimum Gasteiger partial charge on any atom is -0.309 e. The topological polar surface area (TPSA) is 53.5 Å². The summed E-state index contributed by atoms with van der Waals surface area (Å²) in [4.78, 5) is 15.0. The molecule has 15 rings (SSSR count). The second kappa shape index (κ2) is 17.3. The van der Waals surface area contributed by atoms with E-state index in [1.54, 1.807) is 0 Å². The van der Waals surface area contributed by atoms with E-state index in [-0.39, 0.29) is 0 Å². The Hall–Kier alpha value is -10.2. The van der Waals surface area contributed by atoms with Gasteiger partial charge in [0.05, 0.1) is 44.5 Å². The highest BCUT2D eigenvalue weighted by molar-refractivity contribution is 6.14. The molecule has 0 amide bonds. The van der Waals surface area contributed by atoms with Crippen LogP contribution in [0.2, 0.25) is 0 Å². The van der Waals surface area contributed by atoms with E-state index in [0.29, 0.717) is 17.5 Å². The molecule has 0 N–H and O–H groups in total. The van der Waals surface area contributed by atoms with E-state index < -0.39 is 0 Å². The fourth-order valence-electron chi connectivity index (χ4n) is 11.4. The number of para-hydroxylation sites is 5. The number of aromatic nitrogens is 6. The fourth-order valence-corrected chi connectivity index (χ4v) is 11.4. The zero-order chi connectivity index (χ0) is 49.4.